The molecule has 0 radical (unpaired) electrons. The first-order chi connectivity index (χ1) is 7.93. The van der Waals surface area contributed by atoms with Gasteiger partial charge in [-0.2, -0.15) is 0 Å². The number of ether oxygens (including phenoxy) is 2. The Morgan fingerprint density at radius 1 is 1.18 bits per heavy atom. The molecule has 3 heteroatoms. The summed E-state index contributed by atoms with van der Waals surface area (Å²) in [5.74, 6) is 1.51. The van der Waals surface area contributed by atoms with Crippen molar-refractivity contribution in [3.8, 4) is 11.5 Å². The Morgan fingerprint density at radius 3 is 2.29 bits per heavy atom. The lowest BCUT2D eigenvalue weighted by Gasteiger charge is -2.25. The van der Waals surface area contributed by atoms with Crippen molar-refractivity contribution in [1.29, 1.82) is 0 Å². The molecule has 1 atom stereocenters. The first-order valence-electron chi connectivity index (χ1n) is 5.97. The van der Waals surface area contributed by atoms with Gasteiger partial charge in [0.2, 0.25) is 0 Å². The van der Waals surface area contributed by atoms with E-state index in [9.17, 15) is 5.11 Å². The quantitative estimate of drug-likeness (QED) is 0.857. The van der Waals surface area contributed by atoms with Crippen LogP contribution in [0.3, 0.4) is 0 Å². The average Bonchev–Trinajstić information content (AvgIpc) is 2.25. The summed E-state index contributed by atoms with van der Waals surface area (Å²) in [6.07, 6.45) is -0.488. The second-order valence-corrected chi connectivity index (χ2v) is 5.10. The lowest BCUT2D eigenvalue weighted by Crippen LogP contribution is -2.31. The zero-order valence-electron chi connectivity index (χ0n) is 11.1. The van der Waals surface area contributed by atoms with Crippen molar-refractivity contribution in [3.05, 3.63) is 24.3 Å². The van der Waals surface area contributed by atoms with E-state index >= 15 is 0 Å². The van der Waals surface area contributed by atoms with Crippen LogP contribution in [0.25, 0.3) is 0 Å². The number of rotatable bonds is 5. The van der Waals surface area contributed by atoms with Crippen molar-refractivity contribution >= 4 is 0 Å². The smallest absolute Gasteiger partial charge is 0.123 e. The second-order valence-electron chi connectivity index (χ2n) is 5.10. The zero-order valence-corrected chi connectivity index (χ0v) is 11.1. The van der Waals surface area contributed by atoms with Crippen molar-refractivity contribution < 1.29 is 14.6 Å². The molecule has 0 bridgehead atoms. The Hall–Kier alpha value is -1.22. The Bertz CT molecular complexity index is 342. The van der Waals surface area contributed by atoms with Crippen molar-refractivity contribution in [2.24, 2.45) is 5.41 Å². The molecule has 1 aromatic rings. The van der Waals surface area contributed by atoms with Gasteiger partial charge in [-0.05, 0) is 24.5 Å². The minimum absolute atomic E-state index is 0.169. The molecule has 0 spiro atoms. The lowest BCUT2D eigenvalue weighted by molar-refractivity contribution is 0.0217. The Kier molecular flexibility index (Phi) is 4.82. The SMILES string of the molecule is CCOc1cccc(OCC(O)C(C)(C)C)c1. The van der Waals surface area contributed by atoms with Crippen LogP contribution in [-0.2, 0) is 0 Å². The van der Waals surface area contributed by atoms with Gasteiger partial charge in [-0.15, -0.1) is 0 Å². The van der Waals surface area contributed by atoms with Crippen LogP contribution >= 0.6 is 0 Å². The minimum Gasteiger partial charge on any atom is -0.494 e. The predicted molar refractivity (Wildman–Crippen MR) is 68.6 cm³/mol. The molecule has 3 nitrogen and oxygen atoms in total. The molecule has 1 unspecified atom stereocenters. The maximum Gasteiger partial charge on any atom is 0.123 e. The largest absolute Gasteiger partial charge is 0.494 e. The molecule has 17 heavy (non-hydrogen) atoms. The van der Waals surface area contributed by atoms with Crippen LogP contribution in [0.15, 0.2) is 24.3 Å². The summed E-state index contributed by atoms with van der Waals surface area (Å²) in [6, 6.07) is 7.46. The summed E-state index contributed by atoms with van der Waals surface area (Å²) >= 11 is 0. The van der Waals surface area contributed by atoms with E-state index in [0.717, 1.165) is 11.5 Å². The Balaban J connectivity index is 2.54. The molecule has 1 rings (SSSR count). The molecule has 0 fully saturated rings. The van der Waals surface area contributed by atoms with Gasteiger partial charge < -0.3 is 14.6 Å². The highest BCUT2D eigenvalue weighted by Gasteiger charge is 2.22. The fourth-order valence-electron chi connectivity index (χ4n) is 1.25. The van der Waals surface area contributed by atoms with E-state index in [2.05, 4.69) is 0 Å². The molecular weight excluding hydrogens is 216 g/mol. The third kappa shape index (κ3) is 4.65. The van der Waals surface area contributed by atoms with Gasteiger partial charge in [0.15, 0.2) is 0 Å². The molecule has 1 N–H and O–H groups in total. The molecule has 0 aliphatic heterocycles. The first kappa shape index (κ1) is 13.8. The molecule has 0 saturated carbocycles. The highest BCUT2D eigenvalue weighted by atomic mass is 16.5. The molecular formula is C14H22O3. The van der Waals surface area contributed by atoms with Crippen molar-refractivity contribution in [2.75, 3.05) is 13.2 Å². The monoisotopic (exact) mass is 238 g/mol. The van der Waals surface area contributed by atoms with Gasteiger partial charge in [-0.3, -0.25) is 0 Å². The molecule has 96 valence electrons. The standard InChI is InChI=1S/C14H22O3/c1-5-16-11-7-6-8-12(9-11)17-10-13(15)14(2,3)4/h6-9,13,15H,5,10H2,1-4H3. The topological polar surface area (TPSA) is 38.7 Å². The summed E-state index contributed by atoms with van der Waals surface area (Å²) in [6.45, 7) is 8.82. The van der Waals surface area contributed by atoms with E-state index in [1.54, 1.807) is 0 Å². The number of hydrogen-bond acceptors (Lipinski definition) is 3. The molecule has 0 aromatic heterocycles. The Morgan fingerprint density at radius 2 is 1.76 bits per heavy atom. The predicted octanol–water partition coefficient (Wildman–Crippen LogP) is 2.87. The van der Waals surface area contributed by atoms with Crippen molar-refractivity contribution in [2.45, 2.75) is 33.8 Å². The van der Waals surface area contributed by atoms with Gasteiger partial charge in [0, 0.05) is 6.07 Å². The molecule has 0 heterocycles. The average molecular weight is 238 g/mol. The van der Waals surface area contributed by atoms with Gasteiger partial charge in [0.1, 0.15) is 18.1 Å². The van der Waals surface area contributed by atoms with E-state index in [-0.39, 0.29) is 5.41 Å². The fourth-order valence-corrected chi connectivity index (χ4v) is 1.25. The molecule has 0 amide bonds. The van der Waals surface area contributed by atoms with Crippen LogP contribution in [0.5, 0.6) is 11.5 Å². The van der Waals surface area contributed by atoms with E-state index < -0.39 is 6.10 Å². The summed E-state index contributed by atoms with van der Waals surface area (Å²) in [5, 5.41) is 9.86. The van der Waals surface area contributed by atoms with E-state index in [1.165, 1.54) is 0 Å². The highest BCUT2D eigenvalue weighted by Crippen LogP contribution is 2.22. The van der Waals surface area contributed by atoms with Gasteiger partial charge in [0.05, 0.1) is 12.7 Å². The van der Waals surface area contributed by atoms with Gasteiger partial charge in [-0.25, -0.2) is 0 Å². The Labute approximate surface area is 103 Å². The second kappa shape index (κ2) is 5.92. The third-order valence-corrected chi connectivity index (χ3v) is 2.52. The molecule has 0 saturated heterocycles. The fraction of sp³-hybridized carbons (Fsp3) is 0.571. The normalized spacial score (nSPS) is 13.2. The van der Waals surface area contributed by atoms with Crippen LogP contribution < -0.4 is 9.47 Å². The van der Waals surface area contributed by atoms with Crippen LogP contribution in [0.4, 0.5) is 0 Å². The highest BCUT2D eigenvalue weighted by molar-refractivity contribution is 5.32. The molecule has 0 aliphatic carbocycles. The first-order valence-corrected chi connectivity index (χ1v) is 5.97. The van der Waals surface area contributed by atoms with Crippen LogP contribution in [0.2, 0.25) is 0 Å². The van der Waals surface area contributed by atoms with Gasteiger partial charge in [-0.1, -0.05) is 26.8 Å². The van der Waals surface area contributed by atoms with Crippen molar-refractivity contribution in [3.63, 3.8) is 0 Å². The number of hydrogen-bond donors (Lipinski definition) is 1. The summed E-state index contributed by atoms with van der Waals surface area (Å²) in [7, 11) is 0. The number of aliphatic hydroxyl groups is 1. The van der Waals surface area contributed by atoms with E-state index in [0.29, 0.717) is 13.2 Å². The maximum absolute atomic E-state index is 9.86. The molecule has 0 aliphatic rings. The number of benzene rings is 1. The van der Waals surface area contributed by atoms with Gasteiger partial charge in [0.25, 0.3) is 0 Å². The van der Waals surface area contributed by atoms with Gasteiger partial charge >= 0.3 is 0 Å². The summed E-state index contributed by atoms with van der Waals surface area (Å²) < 4.78 is 10.9. The van der Waals surface area contributed by atoms with E-state index in [4.69, 9.17) is 9.47 Å². The van der Waals surface area contributed by atoms with Crippen LogP contribution in [0, 0.1) is 5.41 Å². The minimum atomic E-state index is -0.488. The third-order valence-electron chi connectivity index (χ3n) is 2.52. The zero-order chi connectivity index (χ0) is 12.9. The summed E-state index contributed by atoms with van der Waals surface area (Å²) in [5.41, 5.74) is -0.169. The van der Waals surface area contributed by atoms with Crippen LogP contribution in [-0.4, -0.2) is 24.4 Å². The maximum atomic E-state index is 9.86. The lowest BCUT2D eigenvalue weighted by atomic mass is 9.90. The van der Waals surface area contributed by atoms with E-state index in [1.807, 2.05) is 52.0 Å². The van der Waals surface area contributed by atoms with Crippen molar-refractivity contribution in [1.82, 2.24) is 0 Å². The van der Waals surface area contributed by atoms with Crippen LogP contribution in [0.1, 0.15) is 27.7 Å². The number of aliphatic hydroxyl groups excluding tert-OH is 1. The molecule has 1 aromatic carbocycles. The summed E-state index contributed by atoms with van der Waals surface area (Å²) in [4.78, 5) is 0.